The van der Waals surface area contributed by atoms with E-state index in [9.17, 15) is 4.39 Å². The normalized spacial score (nSPS) is 15.1. The van der Waals surface area contributed by atoms with Gasteiger partial charge in [-0.15, -0.1) is 0 Å². The van der Waals surface area contributed by atoms with Gasteiger partial charge in [-0.05, 0) is 12.5 Å². The van der Waals surface area contributed by atoms with E-state index in [1.807, 2.05) is 0 Å². The van der Waals surface area contributed by atoms with Crippen LogP contribution in [0, 0.1) is 0 Å². The van der Waals surface area contributed by atoms with Gasteiger partial charge < -0.3 is 15.2 Å². The fourth-order valence-electron chi connectivity index (χ4n) is 0.427. The predicted molar refractivity (Wildman–Crippen MR) is 40.7 cm³/mol. The van der Waals surface area contributed by atoms with Crippen molar-refractivity contribution in [1.29, 1.82) is 0 Å². The summed E-state index contributed by atoms with van der Waals surface area (Å²) in [6.07, 6.45) is 0.138. The molecule has 0 aliphatic heterocycles. The summed E-state index contributed by atoms with van der Waals surface area (Å²) in [4.78, 5) is 0. The summed E-state index contributed by atoms with van der Waals surface area (Å²) in [5.74, 6) is 0. The van der Waals surface area contributed by atoms with E-state index >= 15 is 0 Å². The van der Waals surface area contributed by atoms with Crippen molar-refractivity contribution in [2.24, 2.45) is 5.73 Å². The molecule has 0 rings (SSSR count). The van der Waals surface area contributed by atoms with Crippen molar-refractivity contribution < 1.29 is 13.9 Å². The number of hydrogen-bond donors (Lipinski definition) is 1. The van der Waals surface area contributed by atoms with Crippen molar-refractivity contribution in [1.82, 2.24) is 0 Å². The Hall–Kier alpha value is -0.450. The number of halogens is 1. The molecule has 0 saturated carbocycles. The first-order valence-electron chi connectivity index (χ1n) is 3.37. The van der Waals surface area contributed by atoms with Crippen LogP contribution in [0.2, 0.25) is 0 Å². The van der Waals surface area contributed by atoms with Gasteiger partial charge in [0.15, 0.2) is 6.29 Å². The Balaban J connectivity index is 3.51. The Morgan fingerprint density at radius 1 is 1.73 bits per heavy atom. The van der Waals surface area contributed by atoms with Crippen LogP contribution in [0.25, 0.3) is 0 Å². The van der Waals surface area contributed by atoms with Crippen LogP contribution in [-0.2, 0) is 9.47 Å². The Bertz CT molecular complexity index is 128. The average molecular weight is 163 g/mol. The van der Waals surface area contributed by atoms with Gasteiger partial charge >= 0.3 is 0 Å². The Labute approximate surface area is 66.0 Å². The molecule has 1 atom stereocenters. The summed E-state index contributed by atoms with van der Waals surface area (Å²) in [6, 6.07) is 0. The Morgan fingerprint density at radius 3 is 2.73 bits per heavy atom. The van der Waals surface area contributed by atoms with Gasteiger partial charge in [-0.2, -0.15) is 0 Å². The molecule has 11 heavy (non-hydrogen) atoms. The van der Waals surface area contributed by atoms with Crippen molar-refractivity contribution >= 4 is 0 Å². The standard InChI is InChI=1S/C7H14FNO2/c1-6(10-2)11-5-7(3-8)4-9/h3,6H,4-5,9H2,1-2H3/b7-3+. The summed E-state index contributed by atoms with van der Waals surface area (Å²) in [7, 11) is 1.52. The molecule has 4 heteroatoms. The highest BCUT2D eigenvalue weighted by Crippen LogP contribution is 1.97. The lowest BCUT2D eigenvalue weighted by Gasteiger charge is -2.10. The van der Waals surface area contributed by atoms with Gasteiger partial charge in [-0.3, -0.25) is 0 Å². The molecule has 0 radical (unpaired) electrons. The van der Waals surface area contributed by atoms with Gasteiger partial charge in [0, 0.05) is 13.7 Å². The van der Waals surface area contributed by atoms with Gasteiger partial charge in [-0.25, -0.2) is 4.39 Å². The summed E-state index contributed by atoms with van der Waals surface area (Å²) < 4.78 is 21.7. The fraction of sp³-hybridized carbons (Fsp3) is 0.714. The number of methoxy groups -OCH3 is 1. The number of rotatable bonds is 5. The third kappa shape index (κ3) is 4.89. The molecule has 0 spiro atoms. The van der Waals surface area contributed by atoms with Gasteiger partial charge in [0.05, 0.1) is 12.9 Å². The molecule has 2 N–H and O–H groups in total. The molecule has 0 heterocycles. The van der Waals surface area contributed by atoms with Crippen LogP contribution >= 0.6 is 0 Å². The zero-order valence-electron chi connectivity index (χ0n) is 6.84. The van der Waals surface area contributed by atoms with Crippen molar-refractivity contribution in [2.45, 2.75) is 13.2 Å². The zero-order valence-corrected chi connectivity index (χ0v) is 6.84. The molecule has 0 amide bonds. The molecule has 0 aliphatic carbocycles. The molecular weight excluding hydrogens is 149 g/mol. The maximum Gasteiger partial charge on any atom is 0.154 e. The third-order valence-corrected chi connectivity index (χ3v) is 1.25. The topological polar surface area (TPSA) is 44.5 Å². The largest absolute Gasteiger partial charge is 0.356 e. The Kier molecular flexibility index (Phi) is 6.02. The lowest BCUT2D eigenvalue weighted by atomic mass is 10.3. The Morgan fingerprint density at radius 2 is 2.36 bits per heavy atom. The second-order valence-electron chi connectivity index (χ2n) is 2.09. The van der Waals surface area contributed by atoms with E-state index in [1.54, 1.807) is 6.92 Å². The predicted octanol–water partition coefficient (Wildman–Crippen LogP) is 0.808. The van der Waals surface area contributed by atoms with Crippen LogP contribution in [0.3, 0.4) is 0 Å². The van der Waals surface area contributed by atoms with E-state index < -0.39 is 0 Å². The lowest BCUT2D eigenvalue weighted by molar-refractivity contribution is -0.103. The van der Waals surface area contributed by atoms with E-state index in [4.69, 9.17) is 15.2 Å². The van der Waals surface area contributed by atoms with E-state index in [2.05, 4.69) is 0 Å². The van der Waals surface area contributed by atoms with Gasteiger partial charge in [0.2, 0.25) is 0 Å². The first-order valence-corrected chi connectivity index (χ1v) is 3.37. The van der Waals surface area contributed by atoms with E-state index in [-0.39, 0.29) is 19.4 Å². The average Bonchev–Trinajstić information content (AvgIpc) is 2.06. The quantitative estimate of drug-likeness (QED) is 0.610. The molecule has 0 saturated heterocycles. The fourth-order valence-corrected chi connectivity index (χ4v) is 0.427. The molecule has 66 valence electrons. The maximum absolute atomic E-state index is 11.8. The molecule has 3 nitrogen and oxygen atoms in total. The van der Waals surface area contributed by atoms with Crippen LogP contribution < -0.4 is 5.73 Å². The highest BCUT2D eigenvalue weighted by atomic mass is 19.1. The molecule has 0 aromatic carbocycles. The smallest absolute Gasteiger partial charge is 0.154 e. The molecule has 0 bridgehead atoms. The van der Waals surface area contributed by atoms with Crippen LogP contribution in [0.4, 0.5) is 4.39 Å². The van der Waals surface area contributed by atoms with Gasteiger partial charge in [-0.1, -0.05) is 0 Å². The molecule has 0 aromatic heterocycles. The highest BCUT2D eigenvalue weighted by Gasteiger charge is 2.00. The minimum absolute atomic E-state index is 0.174. The van der Waals surface area contributed by atoms with Crippen LogP contribution in [0.5, 0.6) is 0 Å². The van der Waals surface area contributed by atoms with Crippen molar-refractivity contribution in [3.8, 4) is 0 Å². The van der Waals surface area contributed by atoms with E-state index in [0.717, 1.165) is 0 Å². The first kappa shape index (κ1) is 10.6. The van der Waals surface area contributed by atoms with E-state index in [1.165, 1.54) is 7.11 Å². The monoisotopic (exact) mass is 163 g/mol. The molecule has 1 unspecified atom stereocenters. The summed E-state index contributed by atoms with van der Waals surface area (Å²) in [6.45, 7) is 2.08. The number of ether oxygens (including phenoxy) is 2. The molecule has 0 fully saturated rings. The summed E-state index contributed by atoms with van der Waals surface area (Å²) in [5, 5.41) is 0. The lowest BCUT2D eigenvalue weighted by Crippen LogP contribution is -2.15. The highest BCUT2D eigenvalue weighted by molar-refractivity contribution is 4.99. The minimum atomic E-state index is -0.323. The molecular formula is C7H14FNO2. The number of nitrogens with two attached hydrogens (primary N) is 1. The minimum Gasteiger partial charge on any atom is -0.356 e. The van der Waals surface area contributed by atoms with Crippen molar-refractivity contribution in [2.75, 3.05) is 20.3 Å². The van der Waals surface area contributed by atoms with Crippen LogP contribution in [0.15, 0.2) is 11.9 Å². The third-order valence-electron chi connectivity index (χ3n) is 1.25. The molecule has 0 aromatic rings. The SMILES string of the molecule is COC(C)OC/C(=C/F)CN. The van der Waals surface area contributed by atoms with E-state index in [0.29, 0.717) is 11.9 Å². The second-order valence-corrected chi connectivity index (χ2v) is 2.09. The number of hydrogen-bond acceptors (Lipinski definition) is 3. The maximum atomic E-state index is 11.8. The van der Waals surface area contributed by atoms with Crippen LogP contribution in [-0.4, -0.2) is 26.6 Å². The van der Waals surface area contributed by atoms with Crippen molar-refractivity contribution in [3.05, 3.63) is 11.9 Å². The van der Waals surface area contributed by atoms with Gasteiger partial charge in [0.1, 0.15) is 0 Å². The summed E-state index contributed by atoms with van der Waals surface area (Å²) in [5.41, 5.74) is 5.61. The zero-order chi connectivity index (χ0) is 8.69. The summed E-state index contributed by atoms with van der Waals surface area (Å²) >= 11 is 0. The van der Waals surface area contributed by atoms with Crippen molar-refractivity contribution in [3.63, 3.8) is 0 Å². The molecule has 0 aliphatic rings. The first-order chi connectivity index (χ1) is 5.24. The van der Waals surface area contributed by atoms with Gasteiger partial charge in [0.25, 0.3) is 0 Å². The second kappa shape index (κ2) is 6.27. The van der Waals surface area contributed by atoms with Crippen LogP contribution in [0.1, 0.15) is 6.92 Å².